The standard InChI is InChI=1S/C17H16F2N2O3/c1-17(2)15(22)14(9-8-20-7-6-12(9)24-17)21-16(23)13-10(18)4-3-5-11(13)19/h3-8,14-15,22H,1-2H3,(H,21,23)/t14-,15+/m1/s1. The SMILES string of the molecule is CC1(C)Oc2ccncc2[C@@H](NC(=O)c2c(F)cccc2F)[C@@H]1O. The minimum Gasteiger partial charge on any atom is -0.485 e. The lowest BCUT2D eigenvalue weighted by Crippen LogP contribution is -2.53. The van der Waals surface area contributed by atoms with Crippen molar-refractivity contribution in [2.45, 2.75) is 31.6 Å². The van der Waals surface area contributed by atoms with Crippen LogP contribution in [-0.2, 0) is 0 Å². The van der Waals surface area contributed by atoms with Crippen LogP contribution in [0, 0.1) is 11.6 Å². The molecule has 5 nitrogen and oxygen atoms in total. The number of hydrogen-bond donors (Lipinski definition) is 2. The Kier molecular flexibility index (Phi) is 3.96. The van der Waals surface area contributed by atoms with Crippen LogP contribution in [0.3, 0.4) is 0 Å². The van der Waals surface area contributed by atoms with E-state index in [-0.39, 0.29) is 0 Å². The maximum absolute atomic E-state index is 13.8. The number of nitrogens with zero attached hydrogens (tertiary/aromatic N) is 1. The van der Waals surface area contributed by atoms with Gasteiger partial charge in [0.05, 0.1) is 6.04 Å². The first kappa shape index (κ1) is 16.3. The summed E-state index contributed by atoms with van der Waals surface area (Å²) in [7, 11) is 0. The van der Waals surface area contributed by atoms with E-state index in [1.165, 1.54) is 18.5 Å². The number of carbonyl (C=O) groups is 1. The highest BCUT2D eigenvalue weighted by Crippen LogP contribution is 2.39. The van der Waals surface area contributed by atoms with E-state index in [0.29, 0.717) is 11.3 Å². The van der Waals surface area contributed by atoms with Crippen molar-refractivity contribution in [2.75, 3.05) is 0 Å². The molecule has 0 saturated carbocycles. The van der Waals surface area contributed by atoms with Gasteiger partial charge in [0.25, 0.3) is 5.91 Å². The molecule has 1 amide bonds. The third kappa shape index (κ3) is 2.71. The molecule has 0 saturated heterocycles. The number of benzene rings is 1. The van der Waals surface area contributed by atoms with E-state index in [0.717, 1.165) is 12.1 Å². The van der Waals surface area contributed by atoms with Crippen LogP contribution in [0.15, 0.2) is 36.7 Å². The maximum atomic E-state index is 13.8. The van der Waals surface area contributed by atoms with Crippen molar-refractivity contribution >= 4 is 5.91 Å². The number of carbonyl (C=O) groups excluding carboxylic acids is 1. The van der Waals surface area contributed by atoms with Crippen molar-refractivity contribution in [1.29, 1.82) is 0 Å². The van der Waals surface area contributed by atoms with Gasteiger partial charge in [0.15, 0.2) is 0 Å². The summed E-state index contributed by atoms with van der Waals surface area (Å²) in [6, 6.07) is 3.86. The van der Waals surface area contributed by atoms with Crippen LogP contribution in [0.2, 0.25) is 0 Å². The average Bonchev–Trinajstić information content (AvgIpc) is 2.51. The number of halogens is 2. The quantitative estimate of drug-likeness (QED) is 0.884. The molecule has 3 rings (SSSR count). The molecule has 0 bridgehead atoms. The molecule has 24 heavy (non-hydrogen) atoms. The Balaban J connectivity index is 1.98. The number of aromatic nitrogens is 1. The summed E-state index contributed by atoms with van der Waals surface area (Å²) in [5.74, 6) is -2.46. The molecule has 0 radical (unpaired) electrons. The predicted molar refractivity (Wildman–Crippen MR) is 81.5 cm³/mol. The van der Waals surface area contributed by atoms with E-state index in [2.05, 4.69) is 10.3 Å². The Labute approximate surface area is 137 Å². The lowest BCUT2D eigenvalue weighted by Gasteiger charge is -2.42. The van der Waals surface area contributed by atoms with Gasteiger partial charge in [-0.05, 0) is 32.0 Å². The topological polar surface area (TPSA) is 71.5 Å². The first-order valence-electron chi connectivity index (χ1n) is 7.37. The van der Waals surface area contributed by atoms with Crippen molar-refractivity contribution in [3.05, 3.63) is 59.4 Å². The van der Waals surface area contributed by atoms with Gasteiger partial charge < -0.3 is 15.2 Å². The maximum Gasteiger partial charge on any atom is 0.257 e. The Bertz CT molecular complexity index is 775. The first-order valence-corrected chi connectivity index (χ1v) is 7.37. The largest absolute Gasteiger partial charge is 0.485 e. The number of amides is 1. The lowest BCUT2D eigenvalue weighted by atomic mass is 9.87. The summed E-state index contributed by atoms with van der Waals surface area (Å²) in [5, 5.41) is 13.0. The van der Waals surface area contributed by atoms with Gasteiger partial charge in [0.2, 0.25) is 0 Å². The lowest BCUT2D eigenvalue weighted by molar-refractivity contribution is -0.0629. The summed E-state index contributed by atoms with van der Waals surface area (Å²) >= 11 is 0. The number of nitrogens with one attached hydrogen (secondary N) is 1. The Morgan fingerprint density at radius 2 is 1.96 bits per heavy atom. The number of rotatable bonds is 2. The molecule has 0 fully saturated rings. The molecule has 2 atom stereocenters. The van der Waals surface area contributed by atoms with E-state index >= 15 is 0 Å². The van der Waals surface area contributed by atoms with Crippen LogP contribution >= 0.6 is 0 Å². The van der Waals surface area contributed by atoms with Gasteiger partial charge in [0.1, 0.15) is 34.7 Å². The summed E-state index contributed by atoms with van der Waals surface area (Å²) in [5.41, 5.74) is -1.26. The molecule has 1 aromatic carbocycles. The van der Waals surface area contributed by atoms with Gasteiger partial charge in [-0.2, -0.15) is 0 Å². The van der Waals surface area contributed by atoms with Gasteiger partial charge in [-0.15, -0.1) is 0 Å². The molecular weight excluding hydrogens is 318 g/mol. The second-order valence-electron chi connectivity index (χ2n) is 6.11. The minimum absolute atomic E-state index is 0.439. The van der Waals surface area contributed by atoms with E-state index in [9.17, 15) is 18.7 Å². The van der Waals surface area contributed by atoms with Crippen molar-refractivity contribution in [3.8, 4) is 5.75 Å². The van der Waals surface area contributed by atoms with Crippen LogP contribution < -0.4 is 10.1 Å². The second-order valence-corrected chi connectivity index (χ2v) is 6.11. The van der Waals surface area contributed by atoms with Crippen molar-refractivity contribution in [2.24, 2.45) is 0 Å². The molecule has 2 heterocycles. The molecule has 1 aliphatic rings. The van der Waals surface area contributed by atoms with Crippen LogP contribution in [0.5, 0.6) is 5.75 Å². The fourth-order valence-corrected chi connectivity index (χ4v) is 2.72. The third-order valence-electron chi connectivity index (χ3n) is 4.02. The fraction of sp³-hybridized carbons (Fsp3) is 0.294. The third-order valence-corrected chi connectivity index (χ3v) is 4.02. The molecule has 126 valence electrons. The van der Waals surface area contributed by atoms with Crippen LogP contribution in [0.4, 0.5) is 8.78 Å². The Morgan fingerprint density at radius 3 is 2.62 bits per heavy atom. The normalized spacial score (nSPS) is 21.5. The first-order chi connectivity index (χ1) is 11.3. The monoisotopic (exact) mass is 334 g/mol. The zero-order chi connectivity index (χ0) is 17.5. The zero-order valence-corrected chi connectivity index (χ0v) is 13.1. The summed E-state index contributed by atoms with van der Waals surface area (Å²) in [6.07, 6.45) is 1.83. The molecule has 2 N–H and O–H groups in total. The van der Waals surface area contributed by atoms with Crippen molar-refractivity contribution < 1.29 is 23.4 Å². The van der Waals surface area contributed by atoms with Crippen molar-refractivity contribution in [1.82, 2.24) is 10.3 Å². The van der Waals surface area contributed by atoms with Crippen LogP contribution in [0.25, 0.3) is 0 Å². The van der Waals surface area contributed by atoms with Gasteiger partial charge >= 0.3 is 0 Å². The van der Waals surface area contributed by atoms with Crippen LogP contribution in [0.1, 0.15) is 35.8 Å². The smallest absolute Gasteiger partial charge is 0.257 e. The molecule has 7 heteroatoms. The minimum atomic E-state index is -1.13. The highest BCUT2D eigenvalue weighted by atomic mass is 19.1. The molecule has 0 unspecified atom stereocenters. The molecule has 1 aliphatic heterocycles. The number of hydrogen-bond acceptors (Lipinski definition) is 4. The van der Waals surface area contributed by atoms with E-state index in [4.69, 9.17) is 4.74 Å². The van der Waals surface area contributed by atoms with Gasteiger partial charge in [-0.25, -0.2) is 8.78 Å². The van der Waals surface area contributed by atoms with Gasteiger partial charge in [-0.1, -0.05) is 6.07 Å². The van der Waals surface area contributed by atoms with E-state index < -0.39 is 40.9 Å². The molecule has 0 spiro atoms. The summed E-state index contributed by atoms with van der Waals surface area (Å²) in [6.45, 7) is 3.31. The van der Waals surface area contributed by atoms with Crippen molar-refractivity contribution in [3.63, 3.8) is 0 Å². The highest BCUT2D eigenvalue weighted by Gasteiger charge is 2.44. The number of fused-ring (bicyclic) bond motifs is 1. The number of aliphatic hydroxyl groups is 1. The second kappa shape index (κ2) is 5.83. The highest BCUT2D eigenvalue weighted by molar-refractivity contribution is 5.95. The number of ether oxygens (including phenoxy) is 1. The van der Waals surface area contributed by atoms with E-state index in [1.54, 1.807) is 19.9 Å². The Morgan fingerprint density at radius 1 is 1.29 bits per heavy atom. The van der Waals surface area contributed by atoms with Gasteiger partial charge in [-0.3, -0.25) is 9.78 Å². The Hall–Kier alpha value is -2.54. The average molecular weight is 334 g/mol. The van der Waals surface area contributed by atoms with Crippen LogP contribution in [-0.4, -0.2) is 27.7 Å². The molecule has 2 aromatic rings. The van der Waals surface area contributed by atoms with E-state index in [1.807, 2.05) is 0 Å². The molecule has 1 aromatic heterocycles. The molecular formula is C17H16F2N2O3. The predicted octanol–water partition coefficient (Wildman–Crippen LogP) is 2.36. The zero-order valence-electron chi connectivity index (χ0n) is 13.1. The number of aliphatic hydroxyl groups excluding tert-OH is 1. The summed E-state index contributed by atoms with van der Waals surface area (Å²) < 4.78 is 33.3. The number of pyridine rings is 1. The fourth-order valence-electron chi connectivity index (χ4n) is 2.72. The summed E-state index contributed by atoms with van der Waals surface area (Å²) in [4.78, 5) is 16.3. The molecule has 0 aliphatic carbocycles. The van der Waals surface area contributed by atoms with Gasteiger partial charge in [0, 0.05) is 18.0 Å².